The molecule has 0 radical (unpaired) electrons. The lowest BCUT2D eigenvalue weighted by Crippen LogP contribution is -2.51. The maximum Gasteiger partial charge on any atom is 0.264 e. The first-order valence-electron chi connectivity index (χ1n) is 12.9. The molecule has 214 valence electrons. The molecule has 0 aromatic heterocycles. The first-order chi connectivity index (χ1) is 19.1. The Bertz CT molecular complexity index is 1400. The fourth-order valence-corrected chi connectivity index (χ4v) is 5.81. The summed E-state index contributed by atoms with van der Waals surface area (Å²) in [7, 11) is -4.27. The molecule has 0 saturated heterocycles. The van der Waals surface area contributed by atoms with E-state index in [1.165, 1.54) is 41.3 Å². The van der Waals surface area contributed by atoms with Crippen LogP contribution in [0.2, 0.25) is 0 Å². The minimum atomic E-state index is -4.27. The molecule has 0 saturated carbocycles. The number of halogens is 2. The summed E-state index contributed by atoms with van der Waals surface area (Å²) in [6.45, 7) is 5.65. The average Bonchev–Trinajstić information content (AvgIpc) is 2.94. The second-order valence-electron chi connectivity index (χ2n) is 9.01. The van der Waals surface area contributed by atoms with E-state index in [4.69, 9.17) is 4.74 Å². The normalized spacial score (nSPS) is 11.9. The SMILES string of the molecule is CCCNC(=O)[C@@H](C)N(Cc1cccc(Br)c1)C(=O)CN(c1ccc(F)cc1)S(=O)(=O)c1ccc(OCC)cc1. The molecule has 1 N–H and O–H groups in total. The van der Waals surface area contributed by atoms with Crippen molar-refractivity contribution < 1.29 is 27.1 Å². The summed E-state index contributed by atoms with van der Waals surface area (Å²) in [5.74, 6) is -1.00. The number of carbonyl (C=O) groups is 2. The van der Waals surface area contributed by atoms with Gasteiger partial charge in [0.2, 0.25) is 11.8 Å². The van der Waals surface area contributed by atoms with Crippen LogP contribution in [0.3, 0.4) is 0 Å². The van der Waals surface area contributed by atoms with E-state index in [2.05, 4.69) is 21.2 Å². The Kier molecular flexibility index (Phi) is 11.1. The zero-order valence-corrected chi connectivity index (χ0v) is 25.0. The summed E-state index contributed by atoms with van der Waals surface area (Å²) >= 11 is 3.42. The molecule has 3 aromatic carbocycles. The Balaban J connectivity index is 2.01. The van der Waals surface area contributed by atoms with Crippen LogP contribution in [0.4, 0.5) is 10.1 Å². The maximum absolute atomic E-state index is 13.9. The fourth-order valence-electron chi connectivity index (χ4n) is 3.95. The van der Waals surface area contributed by atoms with Gasteiger partial charge in [0.25, 0.3) is 10.0 Å². The third-order valence-corrected chi connectivity index (χ3v) is 8.36. The minimum Gasteiger partial charge on any atom is -0.494 e. The van der Waals surface area contributed by atoms with Crippen molar-refractivity contribution in [3.63, 3.8) is 0 Å². The van der Waals surface area contributed by atoms with Crippen LogP contribution < -0.4 is 14.4 Å². The van der Waals surface area contributed by atoms with Gasteiger partial charge in [-0.1, -0.05) is 35.0 Å². The highest BCUT2D eigenvalue weighted by atomic mass is 79.9. The first kappa shape index (κ1) is 31.1. The monoisotopic (exact) mass is 633 g/mol. The number of amides is 2. The van der Waals surface area contributed by atoms with Crippen molar-refractivity contribution >= 4 is 43.5 Å². The van der Waals surface area contributed by atoms with Gasteiger partial charge >= 0.3 is 0 Å². The molecular weight excluding hydrogens is 601 g/mol. The minimum absolute atomic E-state index is 0.0688. The van der Waals surface area contributed by atoms with Crippen molar-refractivity contribution in [2.75, 3.05) is 24.0 Å². The van der Waals surface area contributed by atoms with Gasteiger partial charge in [-0.2, -0.15) is 0 Å². The van der Waals surface area contributed by atoms with E-state index < -0.39 is 34.3 Å². The molecule has 8 nitrogen and oxygen atoms in total. The number of nitrogens with zero attached hydrogens (tertiary/aromatic N) is 2. The van der Waals surface area contributed by atoms with Gasteiger partial charge < -0.3 is 15.0 Å². The first-order valence-corrected chi connectivity index (χ1v) is 15.1. The summed E-state index contributed by atoms with van der Waals surface area (Å²) in [6, 6.07) is 17.1. The largest absolute Gasteiger partial charge is 0.494 e. The second kappa shape index (κ2) is 14.3. The second-order valence-corrected chi connectivity index (χ2v) is 11.8. The summed E-state index contributed by atoms with van der Waals surface area (Å²) in [5.41, 5.74) is 0.856. The lowest BCUT2D eigenvalue weighted by molar-refractivity contribution is -0.139. The van der Waals surface area contributed by atoms with E-state index in [1.54, 1.807) is 6.92 Å². The molecule has 0 spiro atoms. The van der Waals surface area contributed by atoms with Crippen LogP contribution >= 0.6 is 15.9 Å². The molecule has 1 atom stereocenters. The zero-order chi connectivity index (χ0) is 29.3. The van der Waals surface area contributed by atoms with Crippen molar-refractivity contribution in [3.8, 4) is 5.75 Å². The number of nitrogens with one attached hydrogen (secondary N) is 1. The zero-order valence-electron chi connectivity index (χ0n) is 22.6. The van der Waals surface area contributed by atoms with E-state index in [9.17, 15) is 22.4 Å². The quantitative estimate of drug-likeness (QED) is 0.282. The number of sulfonamides is 1. The highest BCUT2D eigenvalue weighted by Gasteiger charge is 2.32. The van der Waals surface area contributed by atoms with E-state index >= 15 is 0 Å². The Labute approximate surface area is 243 Å². The number of benzene rings is 3. The average molecular weight is 635 g/mol. The van der Waals surface area contributed by atoms with Crippen LogP contribution in [0.1, 0.15) is 32.8 Å². The molecule has 3 aromatic rings. The summed E-state index contributed by atoms with van der Waals surface area (Å²) in [5, 5.41) is 2.80. The Morgan fingerprint density at radius 1 is 1.02 bits per heavy atom. The number of carbonyl (C=O) groups excluding carboxylic acids is 2. The predicted molar refractivity (Wildman–Crippen MR) is 156 cm³/mol. The third-order valence-electron chi connectivity index (χ3n) is 6.07. The molecule has 3 rings (SSSR count). The fraction of sp³-hybridized carbons (Fsp3) is 0.310. The number of hydrogen-bond acceptors (Lipinski definition) is 5. The summed E-state index contributed by atoms with van der Waals surface area (Å²) in [6.07, 6.45) is 0.719. The lowest BCUT2D eigenvalue weighted by Gasteiger charge is -2.32. The van der Waals surface area contributed by atoms with Crippen molar-refractivity contribution in [2.24, 2.45) is 0 Å². The number of rotatable bonds is 13. The number of hydrogen-bond donors (Lipinski definition) is 1. The van der Waals surface area contributed by atoms with Crippen LogP contribution in [0, 0.1) is 5.82 Å². The Hall–Kier alpha value is -3.44. The smallest absolute Gasteiger partial charge is 0.264 e. The molecule has 0 bridgehead atoms. The van der Waals surface area contributed by atoms with Crippen LogP contribution in [-0.2, 0) is 26.2 Å². The number of anilines is 1. The van der Waals surface area contributed by atoms with Crippen LogP contribution in [0.25, 0.3) is 0 Å². The third kappa shape index (κ3) is 8.04. The molecular formula is C29H33BrFN3O5S. The summed E-state index contributed by atoms with van der Waals surface area (Å²) in [4.78, 5) is 28.0. The Morgan fingerprint density at radius 2 is 1.70 bits per heavy atom. The van der Waals surface area contributed by atoms with Gasteiger partial charge in [0.15, 0.2) is 0 Å². The van der Waals surface area contributed by atoms with Gasteiger partial charge in [0.05, 0.1) is 17.2 Å². The molecule has 2 amide bonds. The van der Waals surface area contributed by atoms with Gasteiger partial charge in [-0.15, -0.1) is 0 Å². The topological polar surface area (TPSA) is 96.0 Å². The standard InChI is InChI=1S/C29H33BrFN3O5S/c1-4-17-32-29(36)21(3)33(19-22-7-6-8-23(30)18-22)28(35)20-34(25-11-9-24(31)10-12-25)40(37,38)27-15-13-26(14-16-27)39-5-2/h6-16,18,21H,4-5,17,19-20H2,1-3H3,(H,32,36)/t21-/m1/s1. The van der Waals surface area contributed by atoms with Crippen LogP contribution in [0.15, 0.2) is 82.2 Å². The van der Waals surface area contributed by atoms with E-state index in [1.807, 2.05) is 38.1 Å². The molecule has 0 fully saturated rings. The van der Waals surface area contributed by atoms with Crippen molar-refractivity contribution in [1.82, 2.24) is 10.2 Å². The highest BCUT2D eigenvalue weighted by Crippen LogP contribution is 2.26. The van der Waals surface area contributed by atoms with E-state index in [-0.39, 0.29) is 23.0 Å². The molecule has 11 heteroatoms. The molecule has 0 heterocycles. The molecule has 0 aliphatic carbocycles. The lowest BCUT2D eigenvalue weighted by atomic mass is 10.1. The summed E-state index contributed by atoms with van der Waals surface area (Å²) < 4.78 is 48.5. The van der Waals surface area contributed by atoms with Gasteiger partial charge in [-0.05, 0) is 86.5 Å². The predicted octanol–water partition coefficient (Wildman–Crippen LogP) is 5.13. The van der Waals surface area contributed by atoms with Gasteiger partial charge in [-0.25, -0.2) is 12.8 Å². The van der Waals surface area contributed by atoms with Gasteiger partial charge in [0, 0.05) is 17.6 Å². The Morgan fingerprint density at radius 3 is 2.30 bits per heavy atom. The number of ether oxygens (including phenoxy) is 1. The molecule has 0 unspecified atom stereocenters. The van der Waals surface area contributed by atoms with Gasteiger partial charge in [-0.3, -0.25) is 13.9 Å². The molecule has 0 aliphatic rings. The van der Waals surface area contributed by atoms with Crippen molar-refractivity contribution in [2.45, 2.75) is 44.7 Å². The molecule has 0 aliphatic heterocycles. The van der Waals surface area contributed by atoms with E-state index in [0.29, 0.717) is 18.9 Å². The highest BCUT2D eigenvalue weighted by molar-refractivity contribution is 9.10. The molecule has 40 heavy (non-hydrogen) atoms. The van der Waals surface area contributed by atoms with Crippen molar-refractivity contribution in [3.05, 3.63) is 88.6 Å². The maximum atomic E-state index is 13.9. The van der Waals surface area contributed by atoms with E-state index in [0.717, 1.165) is 32.9 Å². The van der Waals surface area contributed by atoms with Crippen LogP contribution in [-0.4, -0.2) is 50.9 Å². The van der Waals surface area contributed by atoms with Crippen molar-refractivity contribution in [1.29, 1.82) is 0 Å². The van der Waals surface area contributed by atoms with Gasteiger partial charge in [0.1, 0.15) is 24.2 Å². The van der Waals surface area contributed by atoms with Crippen LogP contribution in [0.5, 0.6) is 5.75 Å².